The topological polar surface area (TPSA) is 33.7 Å². The van der Waals surface area contributed by atoms with Crippen molar-refractivity contribution >= 4 is 17.3 Å². The van der Waals surface area contributed by atoms with Gasteiger partial charge in [-0.2, -0.15) is 0 Å². The number of nitrogens with one attached hydrogen (secondary N) is 1. The van der Waals surface area contributed by atoms with Crippen molar-refractivity contribution in [1.82, 2.24) is 10.2 Å². The molecule has 0 saturated heterocycles. The van der Waals surface area contributed by atoms with E-state index in [9.17, 15) is 0 Å². The summed E-state index contributed by atoms with van der Waals surface area (Å²) in [4.78, 5) is 2.09. The van der Waals surface area contributed by atoms with Crippen molar-refractivity contribution in [2.24, 2.45) is 0 Å². The molecule has 0 bridgehead atoms. The molecule has 4 nitrogen and oxygen atoms in total. The van der Waals surface area contributed by atoms with Crippen LogP contribution in [-0.4, -0.2) is 29.9 Å². The smallest absolute Gasteiger partial charge is 0.231 e. The SMILES string of the molecule is C=C(C)CN(CC)C(=S)NCc1ccc2c(c1)OCO2. The minimum Gasteiger partial charge on any atom is -0.454 e. The summed E-state index contributed by atoms with van der Waals surface area (Å²) in [7, 11) is 0. The molecule has 0 radical (unpaired) electrons. The average molecular weight is 292 g/mol. The molecule has 0 amide bonds. The van der Waals surface area contributed by atoms with Crippen LogP contribution in [0, 0.1) is 0 Å². The molecule has 1 N–H and O–H groups in total. The lowest BCUT2D eigenvalue weighted by Crippen LogP contribution is -2.40. The molecule has 1 heterocycles. The molecule has 0 spiro atoms. The minimum absolute atomic E-state index is 0.298. The number of likely N-dealkylation sites (N-methyl/N-ethyl adjacent to an activating group) is 1. The van der Waals surface area contributed by atoms with Crippen LogP contribution in [0.5, 0.6) is 11.5 Å². The van der Waals surface area contributed by atoms with E-state index in [1.165, 1.54) is 0 Å². The van der Waals surface area contributed by atoms with Gasteiger partial charge in [0.15, 0.2) is 16.6 Å². The van der Waals surface area contributed by atoms with Gasteiger partial charge in [-0.05, 0) is 43.8 Å². The highest BCUT2D eigenvalue weighted by Gasteiger charge is 2.13. The second kappa shape index (κ2) is 6.61. The zero-order chi connectivity index (χ0) is 14.5. The molecule has 0 aliphatic carbocycles. The fourth-order valence-electron chi connectivity index (χ4n) is 1.99. The highest BCUT2D eigenvalue weighted by Crippen LogP contribution is 2.32. The van der Waals surface area contributed by atoms with E-state index in [2.05, 4.69) is 23.7 Å². The average Bonchev–Trinajstić information content (AvgIpc) is 2.89. The number of rotatable bonds is 5. The van der Waals surface area contributed by atoms with Crippen molar-refractivity contribution in [1.29, 1.82) is 0 Å². The van der Waals surface area contributed by atoms with E-state index in [0.29, 0.717) is 13.3 Å². The van der Waals surface area contributed by atoms with Crippen molar-refractivity contribution in [2.45, 2.75) is 20.4 Å². The highest BCUT2D eigenvalue weighted by molar-refractivity contribution is 7.80. The highest BCUT2D eigenvalue weighted by atomic mass is 32.1. The molecular formula is C15H20N2O2S. The summed E-state index contributed by atoms with van der Waals surface area (Å²) in [6, 6.07) is 5.92. The van der Waals surface area contributed by atoms with Crippen LogP contribution in [0.2, 0.25) is 0 Å². The van der Waals surface area contributed by atoms with E-state index in [4.69, 9.17) is 21.7 Å². The van der Waals surface area contributed by atoms with Gasteiger partial charge >= 0.3 is 0 Å². The van der Waals surface area contributed by atoms with Crippen LogP contribution in [0.25, 0.3) is 0 Å². The third kappa shape index (κ3) is 3.63. The first-order valence-corrected chi connectivity index (χ1v) is 7.06. The Bertz CT molecular complexity index is 517. The maximum absolute atomic E-state index is 5.41. The van der Waals surface area contributed by atoms with Gasteiger partial charge in [0.05, 0.1) is 0 Å². The summed E-state index contributed by atoms with van der Waals surface area (Å²) >= 11 is 5.41. The van der Waals surface area contributed by atoms with E-state index in [1.54, 1.807) is 0 Å². The number of hydrogen-bond donors (Lipinski definition) is 1. The van der Waals surface area contributed by atoms with Gasteiger partial charge in [-0.3, -0.25) is 0 Å². The first-order chi connectivity index (χ1) is 9.60. The molecular weight excluding hydrogens is 272 g/mol. The normalized spacial score (nSPS) is 12.1. The molecule has 0 saturated carbocycles. The number of hydrogen-bond acceptors (Lipinski definition) is 3. The van der Waals surface area contributed by atoms with Crippen molar-refractivity contribution in [3.63, 3.8) is 0 Å². The molecule has 1 aliphatic heterocycles. The molecule has 2 rings (SSSR count). The lowest BCUT2D eigenvalue weighted by molar-refractivity contribution is 0.174. The molecule has 1 aliphatic rings. The lowest BCUT2D eigenvalue weighted by Gasteiger charge is -2.24. The number of nitrogens with zero attached hydrogens (tertiary/aromatic N) is 1. The Morgan fingerprint density at radius 2 is 2.15 bits per heavy atom. The molecule has 5 heteroatoms. The Morgan fingerprint density at radius 3 is 2.85 bits per heavy atom. The second-order valence-electron chi connectivity index (χ2n) is 4.82. The third-order valence-corrected chi connectivity index (χ3v) is 3.41. The molecule has 1 aromatic rings. The summed E-state index contributed by atoms with van der Waals surface area (Å²) in [5.74, 6) is 1.60. The molecule has 0 atom stereocenters. The van der Waals surface area contributed by atoms with Gasteiger partial charge in [-0.25, -0.2) is 0 Å². The minimum atomic E-state index is 0.298. The molecule has 0 aromatic heterocycles. The quantitative estimate of drug-likeness (QED) is 0.666. The van der Waals surface area contributed by atoms with Gasteiger partial charge < -0.3 is 19.7 Å². The first kappa shape index (κ1) is 14.7. The summed E-state index contributed by atoms with van der Waals surface area (Å²) < 4.78 is 10.7. The van der Waals surface area contributed by atoms with Crippen LogP contribution in [0.1, 0.15) is 19.4 Å². The Kier molecular flexibility index (Phi) is 4.84. The number of fused-ring (bicyclic) bond motifs is 1. The maximum atomic E-state index is 5.41. The van der Waals surface area contributed by atoms with Gasteiger partial charge in [0.2, 0.25) is 6.79 Å². The molecule has 20 heavy (non-hydrogen) atoms. The molecule has 0 fully saturated rings. The van der Waals surface area contributed by atoms with E-state index < -0.39 is 0 Å². The Hall–Kier alpha value is -1.75. The Balaban J connectivity index is 1.91. The number of thiocarbonyl (C=S) groups is 1. The van der Waals surface area contributed by atoms with Crippen LogP contribution >= 0.6 is 12.2 Å². The van der Waals surface area contributed by atoms with E-state index in [0.717, 1.165) is 40.8 Å². The van der Waals surface area contributed by atoms with E-state index in [1.807, 2.05) is 25.1 Å². The molecule has 1 aromatic carbocycles. The number of benzene rings is 1. The van der Waals surface area contributed by atoms with Gasteiger partial charge in [0.25, 0.3) is 0 Å². The standard InChI is InChI=1S/C15H20N2O2S/c1-4-17(9-11(2)3)15(20)16-8-12-5-6-13-14(7-12)19-10-18-13/h5-7H,2,4,8-10H2,1,3H3,(H,16,20). The Morgan fingerprint density at radius 1 is 1.40 bits per heavy atom. The van der Waals surface area contributed by atoms with Gasteiger partial charge in [0, 0.05) is 19.6 Å². The second-order valence-corrected chi connectivity index (χ2v) is 5.20. The first-order valence-electron chi connectivity index (χ1n) is 6.66. The zero-order valence-electron chi connectivity index (χ0n) is 11.9. The summed E-state index contributed by atoms with van der Waals surface area (Å²) in [5, 5.41) is 4.01. The summed E-state index contributed by atoms with van der Waals surface area (Å²) in [5.41, 5.74) is 2.21. The fourth-order valence-corrected chi connectivity index (χ4v) is 2.26. The van der Waals surface area contributed by atoms with Crippen molar-refractivity contribution in [3.8, 4) is 11.5 Å². The monoisotopic (exact) mass is 292 g/mol. The number of ether oxygens (including phenoxy) is 2. The molecule has 0 unspecified atom stereocenters. The van der Waals surface area contributed by atoms with Crippen LogP contribution in [0.3, 0.4) is 0 Å². The van der Waals surface area contributed by atoms with Gasteiger partial charge in [-0.1, -0.05) is 18.2 Å². The summed E-state index contributed by atoms with van der Waals surface area (Å²) in [6.07, 6.45) is 0. The maximum Gasteiger partial charge on any atom is 0.231 e. The van der Waals surface area contributed by atoms with Crippen molar-refractivity contribution < 1.29 is 9.47 Å². The zero-order valence-corrected chi connectivity index (χ0v) is 12.8. The van der Waals surface area contributed by atoms with E-state index in [-0.39, 0.29) is 0 Å². The lowest BCUT2D eigenvalue weighted by atomic mass is 10.2. The van der Waals surface area contributed by atoms with Crippen LogP contribution < -0.4 is 14.8 Å². The fraction of sp³-hybridized carbons (Fsp3) is 0.400. The summed E-state index contributed by atoms with van der Waals surface area (Å²) in [6.45, 7) is 10.6. The van der Waals surface area contributed by atoms with Crippen molar-refractivity contribution in [2.75, 3.05) is 19.9 Å². The predicted molar refractivity (Wildman–Crippen MR) is 84.1 cm³/mol. The van der Waals surface area contributed by atoms with Crippen LogP contribution in [0.15, 0.2) is 30.4 Å². The van der Waals surface area contributed by atoms with E-state index >= 15 is 0 Å². The third-order valence-electron chi connectivity index (χ3n) is 3.01. The van der Waals surface area contributed by atoms with Crippen molar-refractivity contribution in [3.05, 3.63) is 35.9 Å². The molecule has 108 valence electrons. The van der Waals surface area contributed by atoms with Gasteiger partial charge in [0.1, 0.15) is 0 Å². The van der Waals surface area contributed by atoms with Crippen LogP contribution in [0.4, 0.5) is 0 Å². The largest absolute Gasteiger partial charge is 0.454 e. The van der Waals surface area contributed by atoms with Gasteiger partial charge in [-0.15, -0.1) is 0 Å². The Labute approximate surface area is 125 Å². The predicted octanol–water partition coefficient (Wildman–Crippen LogP) is 2.69. The van der Waals surface area contributed by atoms with Crippen LogP contribution in [-0.2, 0) is 6.54 Å².